The van der Waals surface area contributed by atoms with Gasteiger partial charge in [-0.05, 0) is 60.9 Å². The van der Waals surface area contributed by atoms with E-state index in [9.17, 15) is 19.8 Å². The van der Waals surface area contributed by atoms with Crippen molar-refractivity contribution in [3.05, 3.63) is 96.3 Å². The van der Waals surface area contributed by atoms with Gasteiger partial charge in [-0.2, -0.15) is 0 Å². The van der Waals surface area contributed by atoms with Gasteiger partial charge in [0.05, 0.1) is 6.61 Å². The molecular formula is C33H35N3O5. The Morgan fingerprint density at radius 1 is 0.805 bits per heavy atom. The summed E-state index contributed by atoms with van der Waals surface area (Å²) < 4.78 is 5.85. The predicted octanol–water partition coefficient (Wildman–Crippen LogP) is 6.60. The van der Waals surface area contributed by atoms with E-state index in [1.165, 1.54) is 56.9 Å². The first-order valence-electron chi connectivity index (χ1n) is 13.8. The number of amides is 1. The maximum absolute atomic E-state index is 12.7. The number of carbonyl (C=O) groups excluding carboxylic acids is 1. The average molecular weight is 554 g/mol. The first kappa shape index (κ1) is 29.3. The first-order chi connectivity index (χ1) is 19.8. The first-order valence-corrected chi connectivity index (χ1v) is 13.8. The minimum absolute atomic E-state index is 0.0136. The van der Waals surface area contributed by atoms with Crippen LogP contribution in [0.2, 0.25) is 0 Å². The lowest BCUT2D eigenvalue weighted by Gasteiger charge is -2.27. The Kier molecular flexibility index (Phi) is 9.68. The molecule has 0 saturated heterocycles. The van der Waals surface area contributed by atoms with Crippen molar-refractivity contribution in [3.63, 3.8) is 0 Å². The molecule has 1 amide bonds. The molecule has 0 aliphatic carbocycles. The summed E-state index contributed by atoms with van der Waals surface area (Å²) >= 11 is 0. The third-order valence-corrected chi connectivity index (χ3v) is 7.00. The van der Waals surface area contributed by atoms with Crippen LogP contribution in [0.1, 0.15) is 61.9 Å². The average Bonchev–Trinajstić information content (AvgIpc) is 2.99. The van der Waals surface area contributed by atoms with Crippen LogP contribution in [-0.4, -0.2) is 38.7 Å². The molecule has 0 spiro atoms. The van der Waals surface area contributed by atoms with E-state index in [0.29, 0.717) is 17.0 Å². The van der Waals surface area contributed by atoms with Crippen LogP contribution in [0, 0.1) is 0 Å². The van der Waals surface area contributed by atoms with Crippen LogP contribution >= 0.6 is 0 Å². The van der Waals surface area contributed by atoms with Crippen LogP contribution in [0.5, 0.6) is 11.5 Å². The maximum Gasteiger partial charge on any atom is 0.333 e. The Labute approximate surface area is 240 Å². The number of nitrogens with one attached hydrogen (secondary N) is 1. The van der Waals surface area contributed by atoms with Crippen LogP contribution in [0.4, 0.5) is 0 Å². The van der Waals surface area contributed by atoms with Gasteiger partial charge in [0.15, 0.2) is 11.4 Å². The van der Waals surface area contributed by atoms with E-state index >= 15 is 0 Å². The number of hydrogen-bond acceptors (Lipinski definition) is 6. The van der Waals surface area contributed by atoms with Crippen molar-refractivity contribution in [1.82, 2.24) is 15.3 Å². The lowest BCUT2D eigenvalue weighted by atomic mass is 9.90. The number of phenols is 1. The molecule has 1 atom stereocenters. The Bertz CT molecular complexity index is 1440. The van der Waals surface area contributed by atoms with Crippen molar-refractivity contribution in [3.8, 4) is 34.0 Å². The van der Waals surface area contributed by atoms with Gasteiger partial charge in [-0.1, -0.05) is 69.0 Å². The van der Waals surface area contributed by atoms with E-state index in [1.54, 1.807) is 36.7 Å². The van der Waals surface area contributed by atoms with Crippen molar-refractivity contribution < 1.29 is 24.5 Å². The van der Waals surface area contributed by atoms with Gasteiger partial charge in [0.1, 0.15) is 11.5 Å². The molecule has 1 heterocycles. The zero-order chi connectivity index (χ0) is 29.2. The number of aromatic nitrogens is 2. The Morgan fingerprint density at radius 2 is 1.41 bits per heavy atom. The summed E-state index contributed by atoms with van der Waals surface area (Å²) in [5, 5.41) is 22.0. The Hall–Kier alpha value is -4.72. The molecule has 0 radical (unpaired) electrons. The highest BCUT2D eigenvalue weighted by Gasteiger charge is 2.37. The SMILES string of the molecule is CCCCCCCOc1ccc(-c2cnc(-c3ccc([C@](C)(NC(=O)c4ccc(O)cc4)C(=O)O)cc3)nc2)cc1. The third kappa shape index (κ3) is 7.48. The summed E-state index contributed by atoms with van der Waals surface area (Å²) in [6.07, 6.45) is 9.50. The summed E-state index contributed by atoms with van der Waals surface area (Å²) in [7, 11) is 0. The van der Waals surface area contributed by atoms with Gasteiger partial charge in [-0.3, -0.25) is 4.79 Å². The zero-order valence-corrected chi connectivity index (χ0v) is 23.3. The normalized spacial score (nSPS) is 12.3. The molecule has 41 heavy (non-hydrogen) atoms. The molecule has 8 nitrogen and oxygen atoms in total. The number of aliphatic carboxylic acids is 1. The highest BCUT2D eigenvalue weighted by molar-refractivity contribution is 5.98. The molecule has 0 aliphatic rings. The van der Waals surface area contributed by atoms with Gasteiger partial charge in [-0.15, -0.1) is 0 Å². The molecule has 0 fully saturated rings. The van der Waals surface area contributed by atoms with E-state index in [2.05, 4.69) is 22.2 Å². The molecule has 212 valence electrons. The van der Waals surface area contributed by atoms with E-state index < -0.39 is 17.4 Å². The number of phenolic OH excluding ortho intramolecular Hbond substituents is 1. The number of hydrogen-bond donors (Lipinski definition) is 3. The van der Waals surface area contributed by atoms with Crippen molar-refractivity contribution in [2.75, 3.05) is 6.61 Å². The van der Waals surface area contributed by atoms with E-state index in [1.807, 2.05) is 24.3 Å². The van der Waals surface area contributed by atoms with Crippen LogP contribution in [0.3, 0.4) is 0 Å². The molecule has 1 aromatic heterocycles. The molecule has 0 saturated carbocycles. The van der Waals surface area contributed by atoms with Crippen LogP contribution < -0.4 is 10.1 Å². The largest absolute Gasteiger partial charge is 0.508 e. The number of aromatic hydroxyl groups is 1. The van der Waals surface area contributed by atoms with Gasteiger partial charge < -0.3 is 20.3 Å². The summed E-state index contributed by atoms with van der Waals surface area (Å²) in [6, 6.07) is 20.2. The van der Waals surface area contributed by atoms with Crippen LogP contribution in [0.15, 0.2) is 85.2 Å². The fraction of sp³-hybridized carbons (Fsp3) is 0.273. The molecular weight excluding hydrogens is 518 g/mol. The number of unbranched alkanes of at least 4 members (excludes halogenated alkanes) is 4. The number of carbonyl (C=O) groups is 2. The molecule has 3 N–H and O–H groups in total. The molecule has 4 aromatic rings. The third-order valence-electron chi connectivity index (χ3n) is 7.00. The van der Waals surface area contributed by atoms with E-state index in [0.717, 1.165) is 29.9 Å². The van der Waals surface area contributed by atoms with Crippen LogP contribution in [-0.2, 0) is 10.3 Å². The number of carboxylic acid groups (broad SMARTS) is 1. The lowest BCUT2D eigenvalue weighted by Crippen LogP contribution is -2.49. The fourth-order valence-electron chi connectivity index (χ4n) is 4.38. The molecule has 8 heteroatoms. The lowest BCUT2D eigenvalue weighted by molar-refractivity contribution is -0.144. The van der Waals surface area contributed by atoms with E-state index in [4.69, 9.17) is 4.74 Å². The fourth-order valence-corrected chi connectivity index (χ4v) is 4.38. The second-order valence-electron chi connectivity index (χ2n) is 10.1. The van der Waals surface area contributed by atoms with Gasteiger partial charge >= 0.3 is 5.97 Å². The maximum atomic E-state index is 12.7. The number of benzene rings is 3. The topological polar surface area (TPSA) is 122 Å². The van der Waals surface area contributed by atoms with Gasteiger partial charge in [-0.25, -0.2) is 14.8 Å². The predicted molar refractivity (Wildman–Crippen MR) is 158 cm³/mol. The van der Waals surface area contributed by atoms with Gasteiger partial charge in [0.2, 0.25) is 0 Å². The minimum Gasteiger partial charge on any atom is -0.508 e. The number of nitrogens with zero attached hydrogens (tertiary/aromatic N) is 2. The molecule has 0 aliphatic heterocycles. The highest BCUT2D eigenvalue weighted by Crippen LogP contribution is 2.27. The van der Waals surface area contributed by atoms with Crippen molar-refractivity contribution in [2.24, 2.45) is 0 Å². The van der Waals surface area contributed by atoms with Crippen molar-refractivity contribution in [1.29, 1.82) is 0 Å². The number of rotatable bonds is 13. The summed E-state index contributed by atoms with van der Waals surface area (Å²) in [5.41, 5.74) is 1.50. The second kappa shape index (κ2) is 13.6. The second-order valence-corrected chi connectivity index (χ2v) is 10.1. The Balaban J connectivity index is 1.40. The molecule has 0 bridgehead atoms. The molecule has 3 aromatic carbocycles. The summed E-state index contributed by atoms with van der Waals surface area (Å²) in [5.74, 6) is -0.427. The van der Waals surface area contributed by atoms with E-state index in [-0.39, 0.29) is 11.3 Å². The standard InChI is InChI=1S/C33H35N3O5/c1-3-4-5-6-7-20-41-29-18-12-23(13-19-29)26-21-34-30(35-22-26)24-8-14-27(15-9-24)33(2,32(39)40)36-31(38)25-10-16-28(37)17-11-25/h8-19,21-22,37H,3-7,20H2,1-2H3,(H,36,38)(H,39,40)/t33-/m0/s1. The van der Waals surface area contributed by atoms with Crippen molar-refractivity contribution >= 4 is 11.9 Å². The summed E-state index contributed by atoms with van der Waals surface area (Å²) in [4.78, 5) is 33.9. The van der Waals surface area contributed by atoms with Crippen LogP contribution in [0.25, 0.3) is 22.5 Å². The zero-order valence-electron chi connectivity index (χ0n) is 23.3. The quantitative estimate of drug-likeness (QED) is 0.160. The smallest absolute Gasteiger partial charge is 0.333 e. The molecule has 4 rings (SSSR count). The van der Waals surface area contributed by atoms with Gasteiger partial charge in [0, 0.05) is 29.1 Å². The Morgan fingerprint density at radius 3 is 2.02 bits per heavy atom. The molecule has 0 unspecified atom stereocenters. The minimum atomic E-state index is -1.68. The monoisotopic (exact) mass is 553 g/mol. The summed E-state index contributed by atoms with van der Waals surface area (Å²) in [6.45, 7) is 4.35. The van der Waals surface area contributed by atoms with Gasteiger partial charge in [0.25, 0.3) is 5.91 Å². The number of ether oxygens (including phenoxy) is 1. The van der Waals surface area contributed by atoms with Crippen molar-refractivity contribution in [2.45, 2.75) is 51.5 Å². The highest BCUT2D eigenvalue weighted by atomic mass is 16.5. The number of carboxylic acids is 1.